The Morgan fingerprint density at radius 2 is 2.21 bits per heavy atom. The lowest BCUT2D eigenvalue weighted by Crippen LogP contribution is -2.30. The van der Waals surface area contributed by atoms with Gasteiger partial charge < -0.3 is 14.6 Å². The third-order valence-electron chi connectivity index (χ3n) is 2.42. The second-order valence-corrected chi connectivity index (χ2v) is 3.77. The minimum Gasteiger partial charge on any atom is -0.483 e. The van der Waals surface area contributed by atoms with Gasteiger partial charge in [-0.1, -0.05) is 12.1 Å². The Bertz CT molecular complexity index is 473. The van der Waals surface area contributed by atoms with Crippen molar-refractivity contribution in [3.05, 3.63) is 33.9 Å². The van der Waals surface area contributed by atoms with Crippen molar-refractivity contribution in [1.82, 2.24) is 0 Å². The summed E-state index contributed by atoms with van der Waals surface area (Å²) in [5, 5.41) is 19.8. The summed E-state index contributed by atoms with van der Waals surface area (Å²) in [5.41, 5.74) is 0.286. The van der Waals surface area contributed by atoms with E-state index in [2.05, 4.69) is 0 Å². The molecule has 1 aromatic carbocycles. The molecule has 0 heterocycles. The monoisotopic (exact) mass is 269 g/mol. The van der Waals surface area contributed by atoms with E-state index >= 15 is 0 Å². The zero-order valence-corrected chi connectivity index (χ0v) is 10.7. The van der Waals surface area contributed by atoms with Crippen molar-refractivity contribution >= 4 is 11.7 Å². The topological polar surface area (TPSA) is 98.9 Å². The van der Waals surface area contributed by atoms with Crippen LogP contribution in [0, 0.1) is 17.0 Å². The van der Waals surface area contributed by atoms with Crippen LogP contribution >= 0.6 is 0 Å². The van der Waals surface area contributed by atoms with Gasteiger partial charge in [0.1, 0.15) is 6.61 Å². The molecule has 7 nitrogen and oxygen atoms in total. The zero-order chi connectivity index (χ0) is 14.4. The molecule has 104 valence electrons. The average molecular weight is 269 g/mol. The number of nitrogens with zero attached hydrogens (tertiary/aromatic N) is 1. The molecule has 7 heteroatoms. The van der Waals surface area contributed by atoms with Gasteiger partial charge in [-0.15, -0.1) is 0 Å². The van der Waals surface area contributed by atoms with E-state index in [4.69, 9.17) is 14.6 Å². The van der Waals surface area contributed by atoms with E-state index in [-0.39, 0.29) is 24.7 Å². The Kier molecular flexibility index (Phi) is 5.25. The van der Waals surface area contributed by atoms with Crippen LogP contribution in [0.1, 0.15) is 12.5 Å². The maximum atomic E-state index is 10.9. The zero-order valence-electron chi connectivity index (χ0n) is 10.7. The fourth-order valence-electron chi connectivity index (χ4n) is 1.54. The smallest absolute Gasteiger partial charge is 0.336 e. The van der Waals surface area contributed by atoms with Crippen molar-refractivity contribution in [1.29, 1.82) is 0 Å². The average Bonchev–Trinajstić information content (AvgIpc) is 2.33. The molecule has 0 fully saturated rings. The summed E-state index contributed by atoms with van der Waals surface area (Å²) in [6.07, 6.45) is -1.15. The number of para-hydroxylation sites is 1. The third-order valence-corrected chi connectivity index (χ3v) is 2.42. The predicted molar refractivity (Wildman–Crippen MR) is 66.4 cm³/mol. The summed E-state index contributed by atoms with van der Waals surface area (Å²) in [6.45, 7) is 3.18. The second kappa shape index (κ2) is 6.69. The lowest BCUT2D eigenvalue weighted by molar-refractivity contribution is -0.386. The largest absolute Gasteiger partial charge is 0.483 e. The van der Waals surface area contributed by atoms with Crippen molar-refractivity contribution in [2.75, 3.05) is 13.2 Å². The predicted octanol–water partition coefficient (Wildman–Crippen LogP) is 1.77. The van der Waals surface area contributed by atoms with Crippen molar-refractivity contribution in [2.45, 2.75) is 20.0 Å². The summed E-state index contributed by atoms with van der Waals surface area (Å²) in [4.78, 5) is 21.2. The molecule has 0 aliphatic rings. The number of hydrogen-bond acceptors (Lipinski definition) is 5. The third kappa shape index (κ3) is 3.92. The number of nitro groups is 1. The van der Waals surface area contributed by atoms with Crippen molar-refractivity contribution < 1.29 is 24.3 Å². The van der Waals surface area contributed by atoms with Crippen molar-refractivity contribution in [2.24, 2.45) is 0 Å². The number of hydrogen-bond donors (Lipinski definition) is 1. The first-order chi connectivity index (χ1) is 8.97. The standard InChI is InChI=1S/C12H15NO6/c1-3-18-10(12(14)15)7-19-9-6-4-5-8(2)11(9)13(16)17/h4-6,10H,3,7H2,1-2H3,(H,14,15). The van der Waals surface area contributed by atoms with Crippen LogP contribution in [0.25, 0.3) is 0 Å². The van der Waals surface area contributed by atoms with E-state index in [0.29, 0.717) is 5.56 Å². The number of nitro benzene ring substituents is 1. The maximum absolute atomic E-state index is 10.9. The number of carboxylic acids is 1. The highest BCUT2D eigenvalue weighted by Gasteiger charge is 2.22. The number of aliphatic carboxylic acids is 1. The molecule has 1 aromatic rings. The summed E-state index contributed by atoms with van der Waals surface area (Å²) in [7, 11) is 0. The van der Waals surface area contributed by atoms with E-state index in [9.17, 15) is 14.9 Å². The Labute approximate surface area is 109 Å². The Balaban J connectivity index is 2.85. The molecule has 1 unspecified atom stereocenters. The quantitative estimate of drug-likeness (QED) is 0.598. The molecule has 0 saturated carbocycles. The molecule has 0 radical (unpaired) electrons. The fourth-order valence-corrected chi connectivity index (χ4v) is 1.54. The van der Waals surface area contributed by atoms with Crippen LogP contribution in [0.5, 0.6) is 5.75 Å². The second-order valence-electron chi connectivity index (χ2n) is 3.77. The number of carboxylic acid groups (broad SMARTS) is 1. The fraction of sp³-hybridized carbons (Fsp3) is 0.417. The van der Waals surface area contributed by atoms with Gasteiger partial charge in [0.15, 0.2) is 11.9 Å². The number of carbonyl (C=O) groups is 1. The first-order valence-corrected chi connectivity index (χ1v) is 5.68. The molecule has 0 aliphatic heterocycles. The van der Waals surface area contributed by atoms with Gasteiger partial charge in [-0.25, -0.2) is 4.79 Å². The Hall–Kier alpha value is -2.15. The first kappa shape index (κ1) is 14.9. The van der Waals surface area contributed by atoms with Gasteiger partial charge in [-0.2, -0.15) is 0 Å². The number of rotatable bonds is 7. The summed E-state index contributed by atoms with van der Waals surface area (Å²) < 4.78 is 10.2. The molecule has 1 atom stereocenters. The number of aryl methyl sites for hydroxylation is 1. The minimum absolute atomic E-state index is 0.0379. The molecule has 0 amide bonds. The maximum Gasteiger partial charge on any atom is 0.336 e. The molecular formula is C12H15NO6. The van der Waals surface area contributed by atoms with Gasteiger partial charge in [0.2, 0.25) is 0 Å². The van der Waals surface area contributed by atoms with Gasteiger partial charge in [0.25, 0.3) is 0 Å². The number of benzene rings is 1. The normalized spacial score (nSPS) is 11.9. The SMILES string of the molecule is CCOC(COc1cccc(C)c1[N+](=O)[O-])C(=O)O. The molecular weight excluding hydrogens is 254 g/mol. The number of ether oxygens (including phenoxy) is 2. The van der Waals surface area contributed by atoms with Crippen LogP contribution in [0.4, 0.5) is 5.69 Å². The Morgan fingerprint density at radius 1 is 1.53 bits per heavy atom. The molecule has 19 heavy (non-hydrogen) atoms. The molecule has 0 saturated heterocycles. The van der Waals surface area contributed by atoms with Crippen LogP contribution in [0.3, 0.4) is 0 Å². The van der Waals surface area contributed by atoms with Crippen molar-refractivity contribution in [3.8, 4) is 5.75 Å². The molecule has 0 bridgehead atoms. The molecule has 1 rings (SSSR count). The highest BCUT2D eigenvalue weighted by molar-refractivity contribution is 5.72. The lowest BCUT2D eigenvalue weighted by atomic mass is 10.2. The highest BCUT2D eigenvalue weighted by atomic mass is 16.6. The van der Waals surface area contributed by atoms with Crippen LogP contribution in [0.2, 0.25) is 0 Å². The van der Waals surface area contributed by atoms with Crippen molar-refractivity contribution in [3.63, 3.8) is 0 Å². The summed E-state index contributed by atoms with van der Waals surface area (Å²) in [5.74, 6) is -1.13. The van der Waals surface area contributed by atoms with Crippen LogP contribution in [0.15, 0.2) is 18.2 Å². The molecule has 1 N–H and O–H groups in total. The lowest BCUT2D eigenvalue weighted by Gasteiger charge is -2.14. The first-order valence-electron chi connectivity index (χ1n) is 5.68. The van der Waals surface area contributed by atoms with E-state index in [1.165, 1.54) is 6.07 Å². The molecule has 0 aliphatic carbocycles. The summed E-state index contributed by atoms with van der Waals surface area (Å²) in [6, 6.07) is 4.62. The van der Waals surface area contributed by atoms with Gasteiger partial charge in [-0.3, -0.25) is 10.1 Å². The van der Waals surface area contributed by atoms with Crippen LogP contribution in [-0.4, -0.2) is 35.3 Å². The molecule has 0 spiro atoms. The van der Waals surface area contributed by atoms with E-state index < -0.39 is 17.0 Å². The summed E-state index contributed by atoms with van der Waals surface area (Å²) >= 11 is 0. The van der Waals surface area contributed by atoms with E-state index in [1.807, 2.05) is 0 Å². The highest BCUT2D eigenvalue weighted by Crippen LogP contribution is 2.30. The van der Waals surface area contributed by atoms with Gasteiger partial charge in [-0.05, 0) is 19.9 Å². The minimum atomic E-state index is -1.17. The van der Waals surface area contributed by atoms with E-state index in [1.54, 1.807) is 26.0 Å². The van der Waals surface area contributed by atoms with Gasteiger partial charge >= 0.3 is 11.7 Å². The molecule has 0 aromatic heterocycles. The van der Waals surface area contributed by atoms with Crippen LogP contribution in [-0.2, 0) is 9.53 Å². The van der Waals surface area contributed by atoms with Gasteiger partial charge in [0.05, 0.1) is 4.92 Å². The van der Waals surface area contributed by atoms with Gasteiger partial charge in [0, 0.05) is 12.2 Å². The Morgan fingerprint density at radius 3 is 2.74 bits per heavy atom. The van der Waals surface area contributed by atoms with Crippen LogP contribution < -0.4 is 4.74 Å². The van der Waals surface area contributed by atoms with E-state index in [0.717, 1.165) is 0 Å².